The molecule has 1 saturated heterocycles. The predicted octanol–water partition coefficient (Wildman–Crippen LogP) is 2.84. The van der Waals surface area contributed by atoms with Gasteiger partial charge in [-0.3, -0.25) is 9.59 Å². The first-order valence-electron chi connectivity index (χ1n) is 9.12. The van der Waals surface area contributed by atoms with Gasteiger partial charge in [0.25, 0.3) is 0 Å². The summed E-state index contributed by atoms with van der Waals surface area (Å²) in [6, 6.07) is 14.9. The van der Waals surface area contributed by atoms with Gasteiger partial charge in [-0.1, -0.05) is 24.3 Å². The van der Waals surface area contributed by atoms with E-state index in [1.165, 1.54) is 0 Å². The number of amides is 1. The molecule has 0 aliphatic carbocycles. The highest BCUT2D eigenvalue weighted by atomic mass is 16.5. The second-order valence-corrected chi connectivity index (χ2v) is 6.72. The van der Waals surface area contributed by atoms with Gasteiger partial charge in [-0.05, 0) is 43.5 Å². The van der Waals surface area contributed by atoms with Crippen molar-refractivity contribution in [1.29, 1.82) is 0 Å². The average Bonchev–Trinajstić information content (AvgIpc) is 3.19. The summed E-state index contributed by atoms with van der Waals surface area (Å²) in [6.07, 6.45) is 3.29. The number of rotatable bonds is 5. The molecule has 0 bridgehead atoms. The molecule has 1 fully saturated rings. The number of ether oxygens (including phenoxy) is 1. The topological polar surface area (TPSA) is 60.3 Å². The first kappa shape index (κ1) is 16.8. The number of hydrogen-bond donors (Lipinski definition) is 1. The molecule has 26 heavy (non-hydrogen) atoms. The SMILES string of the molecule is O=C(Cn1c2ccccc2c(=O)c2ccccc21)NCC[C@H]1CCCO1. The van der Waals surface area contributed by atoms with E-state index in [1.807, 2.05) is 53.1 Å². The van der Waals surface area contributed by atoms with Gasteiger partial charge in [0.15, 0.2) is 5.43 Å². The fourth-order valence-corrected chi connectivity index (χ4v) is 3.69. The van der Waals surface area contributed by atoms with Gasteiger partial charge in [0, 0.05) is 23.9 Å². The third-order valence-corrected chi connectivity index (χ3v) is 4.99. The molecule has 1 aliphatic heterocycles. The van der Waals surface area contributed by atoms with E-state index in [9.17, 15) is 9.59 Å². The third-order valence-electron chi connectivity index (χ3n) is 4.99. The van der Waals surface area contributed by atoms with Crippen molar-refractivity contribution < 1.29 is 9.53 Å². The van der Waals surface area contributed by atoms with Crippen LogP contribution in [0.1, 0.15) is 19.3 Å². The lowest BCUT2D eigenvalue weighted by atomic mass is 10.1. The number of nitrogens with zero attached hydrogens (tertiary/aromatic N) is 1. The van der Waals surface area contributed by atoms with E-state index in [2.05, 4.69) is 5.32 Å². The van der Waals surface area contributed by atoms with Gasteiger partial charge >= 0.3 is 0 Å². The molecule has 1 amide bonds. The molecule has 1 aromatic heterocycles. The summed E-state index contributed by atoms with van der Waals surface area (Å²) in [4.78, 5) is 25.2. The molecular weight excluding hydrogens is 328 g/mol. The van der Waals surface area contributed by atoms with E-state index in [0.29, 0.717) is 17.3 Å². The molecule has 3 aromatic rings. The molecule has 2 aromatic carbocycles. The Bertz CT molecular complexity index is 943. The molecule has 0 radical (unpaired) electrons. The van der Waals surface area contributed by atoms with Crippen molar-refractivity contribution in [3.8, 4) is 0 Å². The van der Waals surface area contributed by atoms with Crippen molar-refractivity contribution >= 4 is 27.7 Å². The zero-order valence-corrected chi connectivity index (χ0v) is 14.6. The molecule has 5 nitrogen and oxygen atoms in total. The molecule has 1 atom stereocenters. The summed E-state index contributed by atoms with van der Waals surface area (Å²) in [7, 11) is 0. The molecule has 4 rings (SSSR count). The van der Waals surface area contributed by atoms with Gasteiger partial charge in [0.2, 0.25) is 5.91 Å². The van der Waals surface area contributed by atoms with Crippen LogP contribution in [-0.4, -0.2) is 29.7 Å². The summed E-state index contributed by atoms with van der Waals surface area (Å²) in [5, 5.41) is 4.26. The van der Waals surface area contributed by atoms with Gasteiger partial charge in [0.1, 0.15) is 6.54 Å². The largest absolute Gasteiger partial charge is 0.378 e. The van der Waals surface area contributed by atoms with Crippen molar-refractivity contribution in [3.63, 3.8) is 0 Å². The fraction of sp³-hybridized carbons (Fsp3) is 0.333. The number of aromatic nitrogens is 1. The highest BCUT2D eigenvalue weighted by Gasteiger charge is 2.16. The standard InChI is InChI=1S/C21H22N2O3/c24-20(22-12-11-15-6-5-13-26-15)14-23-18-9-3-1-7-16(18)21(25)17-8-2-4-10-19(17)23/h1-4,7-10,15H,5-6,11-14H2,(H,22,24)/t15-/m1/s1. The van der Waals surface area contributed by atoms with E-state index in [0.717, 1.165) is 36.9 Å². The van der Waals surface area contributed by atoms with E-state index >= 15 is 0 Å². The van der Waals surface area contributed by atoms with Crippen LogP contribution in [0.3, 0.4) is 0 Å². The predicted molar refractivity (Wildman–Crippen MR) is 102 cm³/mol. The molecule has 2 heterocycles. The lowest BCUT2D eigenvalue weighted by molar-refractivity contribution is -0.121. The second-order valence-electron chi connectivity index (χ2n) is 6.72. The Balaban J connectivity index is 1.61. The Hall–Kier alpha value is -2.66. The molecule has 1 aliphatic rings. The zero-order chi connectivity index (χ0) is 17.9. The molecular formula is C21H22N2O3. The maximum atomic E-state index is 12.7. The van der Waals surface area contributed by atoms with Crippen LogP contribution in [0.2, 0.25) is 0 Å². The lowest BCUT2D eigenvalue weighted by Gasteiger charge is -2.15. The van der Waals surface area contributed by atoms with Gasteiger partial charge in [-0.15, -0.1) is 0 Å². The number of benzene rings is 2. The summed E-state index contributed by atoms with van der Waals surface area (Å²) < 4.78 is 7.51. The van der Waals surface area contributed by atoms with Gasteiger partial charge in [-0.25, -0.2) is 0 Å². The minimum Gasteiger partial charge on any atom is -0.378 e. The molecule has 0 saturated carbocycles. The number of fused-ring (bicyclic) bond motifs is 2. The first-order valence-corrected chi connectivity index (χ1v) is 9.12. The first-order chi connectivity index (χ1) is 12.7. The Labute approximate surface area is 151 Å². The number of nitrogens with one attached hydrogen (secondary N) is 1. The third kappa shape index (κ3) is 3.22. The zero-order valence-electron chi connectivity index (χ0n) is 14.6. The number of hydrogen-bond acceptors (Lipinski definition) is 3. The maximum Gasteiger partial charge on any atom is 0.239 e. The highest BCUT2D eigenvalue weighted by molar-refractivity contribution is 5.94. The summed E-state index contributed by atoms with van der Waals surface area (Å²) in [5.74, 6) is -0.0537. The van der Waals surface area contributed by atoms with Crippen molar-refractivity contribution in [3.05, 3.63) is 58.8 Å². The molecule has 134 valence electrons. The quantitative estimate of drug-likeness (QED) is 0.720. The van der Waals surface area contributed by atoms with Crippen molar-refractivity contribution in [1.82, 2.24) is 9.88 Å². The number of pyridine rings is 1. The van der Waals surface area contributed by atoms with Crippen LogP contribution in [0.4, 0.5) is 0 Å². The maximum absolute atomic E-state index is 12.7. The normalized spacial score (nSPS) is 17.0. The Morgan fingerprint density at radius 2 is 1.73 bits per heavy atom. The van der Waals surface area contributed by atoms with Gasteiger partial charge in [-0.2, -0.15) is 0 Å². The monoisotopic (exact) mass is 350 g/mol. The summed E-state index contributed by atoms with van der Waals surface area (Å²) in [6.45, 7) is 1.63. The van der Waals surface area contributed by atoms with Crippen LogP contribution < -0.4 is 10.7 Å². The van der Waals surface area contributed by atoms with Crippen molar-refractivity contribution in [2.75, 3.05) is 13.2 Å². The van der Waals surface area contributed by atoms with Gasteiger partial charge in [0.05, 0.1) is 17.1 Å². The Morgan fingerprint density at radius 1 is 1.08 bits per heavy atom. The van der Waals surface area contributed by atoms with E-state index in [-0.39, 0.29) is 24.0 Å². The summed E-state index contributed by atoms with van der Waals surface area (Å²) in [5.41, 5.74) is 1.57. The minimum absolute atomic E-state index is 0.00578. The Morgan fingerprint density at radius 3 is 2.35 bits per heavy atom. The van der Waals surface area contributed by atoms with Gasteiger partial charge < -0.3 is 14.6 Å². The Kier molecular flexibility index (Phi) is 4.71. The van der Waals surface area contributed by atoms with E-state index in [4.69, 9.17) is 4.74 Å². The fourth-order valence-electron chi connectivity index (χ4n) is 3.69. The highest BCUT2D eigenvalue weighted by Crippen LogP contribution is 2.19. The van der Waals surface area contributed by atoms with Crippen LogP contribution in [0.25, 0.3) is 21.8 Å². The summed E-state index contributed by atoms with van der Waals surface area (Å²) >= 11 is 0. The van der Waals surface area contributed by atoms with Crippen LogP contribution in [0.15, 0.2) is 53.3 Å². The molecule has 1 N–H and O–H groups in total. The number of para-hydroxylation sites is 2. The number of carbonyl (C=O) groups excluding carboxylic acids is 1. The molecule has 0 spiro atoms. The van der Waals surface area contributed by atoms with E-state index < -0.39 is 0 Å². The average molecular weight is 350 g/mol. The van der Waals surface area contributed by atoms with Crippen LogP contribution in [0, 0.1) is 0 Å². The van der Waals surface area contributed by atoms with Crippen molar-refractivity contribution in [2.24, 2.45) is 0 Å². The molecule has 5 heteroatoms. The molecule has 0 unspecified atom stereocenters. The number of carbonyl (C=O) groups is 1. The van der Waals surface area contributed by atoms with Crippen molar-refractivity contribution in [2.45, 2.75) is 31.9 Å². The second kappa shape index (κ2) is 7.30. The smallest absolute Gasteiger partial charge is 0.239 e. The van der Waals surface area contributed by atoms with Crippen LogP contribution >= 0.6 is 0 Å². The minimum atomic E-state index is -0.0537. The van der Waals surface area contributed by atoms with Crippen LogP contribution in [-0.2, 0) is 16.1 Å². The lowest BCUT2D eigenvalue weighted by Crippen LogP contribution is -2.31. The van der Waals surface area contributed by atoms with Crippen LogP contribution in [0.5, 0.6) is 0 Å². The van der Waals surface area contributed by atoms with E-state index in [1.54, 1.807) is 0 Å².